The second kappa shape index (κ2) is 14.5. The van der Waals surface area contributed by atoms with Gasteiger partial charge < -0.3 is 9.47 Å². The van der Waals surface area contributed by atoms with E-state index in [4.69, 9.17) is 9.47 Å². The lowest BCUT2D eigenvalue weighted by Crippen LogP contribution is -2.12. The lowest BCUT2D eigenvalue weighted by molar-refractivity contribution is -0.154. The maximum Gasteiger partial charge on any atom is 0.333 e. The van der Waals surface area contributed by atoms with Crippen LogP contribution in [0.1, 0.15) is 66.2 Å². The molecule has 0 saturated carbocycles. The second-order valence-corrected chi connectivity index (χ2v) is 7.87. The SMILES string of the molecule is CO[C@H]1OC(=O)C=C1/C=C/C=C(/C=O)CC/C=C(\C)CC/C=C(\C)CCC=C(C)C. The molecule has 1 heterocycles. The molecular weight excluding hydrogens is 376 g/mol. The number of allylic oxidation sites excluding steroid dienone is 9. The minimum absolute atomic E-state index is 0.417. The van der Waals surface area contributed by atoms with Gasteiger partial charge in [0.15, 0.2) is 0 Å². The number of cyclic esters (lactones) is 1. The fourth-order valence-corrected chi connectivity index (χ4v) is 3.01. The van der Waals surface area contributed by atoms with Crippen molar-refractivity contribution in [1.29, 1.82) is 0 Å². The van der Waals surface area contributed by atoms with Gasteiger partial charge in [0.1, 0.15) is 6.29 Å². The van der Waals surface area contributed by atoms with E-state index >= 15 is 0 Å². The molecule has 0 amide bonds. The van der Waals surface area contributed by atoms with Gasteiger partial charge in [-0.3, -0.25) is 4.79 Å². The number of hydrogen-bond donors (Lipinski definition) is 0. The molecule has 1 aliphatic rings. The molecule has 0 saturated heterocycles. The first-order chi connectivity index (χ1) is 14.3. The molecule has 4 nitrogen and oxygen atoms in total. The van der Waals surface area contributed by atoms with Crippen LogP contribution in [0.5, 0.6) is 0 Å². The smallest absolute Gasteiger partial charge is 0.333 e. The Kier molecular flexibility index (Phi) is 12.4. The summed E-state index contributed by atoms with van der Waals surface area (Å²) < 4.78 is 10.0. The average Bonchev–Trinajstić information content (AvgIpc) is 3.06. The predicted octanol–water partition coefficient (Wildman–Crippen LogP) is 6.32. The molecule has 0 aromatic rings. The van der Waals surface area contributed by atoms with Gasteiger partial charge >= 0.3 is 5.97 Å². The Labute approximate surface area is 181 Å². The maximum absolute atomic E-state index is 11.3. The number of aldehydes is 1. The van der Waals surface area contributed by atoms with Gasteiger partial charge in [-0.25, -0.2) is 4.79 Å². The molecule has 0 spiro atoms. The molecule has 1 aliphatic heterocycles. The van der Waals surface area contributed by atoms with Gasteiger partial charge in [-0.1, -0.05) is 53.2 Å². The zero-order chi connectivity index (χ0) is 22.4. The summed E-state index contributed by atoms with van der Waals surface area (Å²) >= 11 is 0. The van der Waals surface area contributed by atoms with E-state index in [-0.39, 0.29) is 0 Å². The number of esters is 1. The number of hydrogen-bond acceptors (Lipinski definition) is 4. The van der Waals surface area contributed by atoms with E-state index in [1.807, 2.05) is 0 Å². The Morgan fingerprint density at radius 3 is 2.17 bits per heavy atom. The van der Waals surface area contributed by atoms with Crippen molar-refractivity contribution in [1.82, 2.24) is 0 Å². The first-order valence-corrected chi connectivity index (χ1v) is 10.6. The van der Waals surface area contributed by atoms with Gasteiger partial charge in [0, 0.05) is 18.8 Å². The van der Waals surface area contributed by atoms with Crippen molar-refractivity contribution < 1.29 is 19.1 Å². The van der Waals surface area contributed by atoms with Crippen molar-refractivity contribution in [2.24, 2.45) is 0 Å². The monoisotopic (exact) mass is 412 g/mol. The van der Waals surface area contributed by atoms with Gasteiger partial charge in [0.2, 0.25) is 6.29 Å². The van der Waals surface area contributed by atoms with Crippen LogP contribution >= 0.6 is 0 Å². The Morgan fingerprint density at radius 1 is 1.00 bits per heavy atom. The fourth-order valence-electron chi connectivity index (χ4n) is 3.01. The minimum atomic E-state index is -0.669. The van der Waals surface area contributed by atoms with Gasteiger partial charge in [-0.05, 0) is 71.8 Å². The normalized spacial score (nSPS) is 17.9. The number of ether oxygens (including phenoxy) is 2. The lowest BCUT2D eigenvalue weighted by Gasteiger charge is -2.08. The summed E-state index contributed by atoms with van der Waals surface area (Å²) in [6.07, 6.45) is 19.5. The fraction of sp³-hybridized carbons (Fsp3) is 0.462. The molecule has 30 heavy (non-hydrogen) atoms. The third kappa shape index (κ3) is 10.9. The molecule has 1 rings (SSSR count). The quantitative estimate of drug-likeness (QED) is 0.117. The second-order valence-electron chi connectivity index (χ2n) is 7.87. The molecule has 1 atom stereocenters. The molecule has 164 valence electrons. The Hall–Kier alpha value is -2.46. The van der Waals surface area contributed by atoms with Crippen LogP contribution in [-0.2, 0) is 19.1 Å². The van der Waals surface area contributed by atoms with Crippen LogP contribution in [0.3, 0.4) is 0 Å². The van der Waals surface area contributed by atoms with Crippen molar-refractivity contribution in [3.8, 4) is 0 Å². The molecule has 0 aromatic heterocycles. The van der Waals surface area contributed by atoms with Crippen molar-refractivity contribution in [3.05, 3.63) is 70.4 Å². The first-order valence-electron chi connectivity index (χ1n) is 10.6. The van der Waals surface area contributed by atoms with Crippen molar-refractivity contribution in [2.45, 2.75) is 72.5 Å². The van der Waals surface area contributed by atoms with E-state index in [0.29, 0.717) is 17.6 Å². The van der Waals surface area contributed by atoms with Crippen LogP contribution in [0.4, 0.5) is 0 Å². The highest BCUT2D eigenvalue weighted by molar-refractivity contribution is 5.86. The molecule has 0 N–H and O–H groups in total. The van der Waals surface area contributed by atoms with Gasteiger partial charge in [-0.2, -0.15) is 0 Å². The molecule has 0 aromatic carbocycles. The Bertz CT molecular complexity index is 756. The maximum atomic E-state index is 11.3. The van der Waals surface area contributed by atoms with E-state index in [2.05, 4.69) is 45.9 Å². The number of rotatable bonds is 13. The third-order valence-corrected chi connectivity index (χ3v) is 4.79. The largest absolute Gasteiger partial charge is 0.428 e. The highest BCUT2D eigenvalue weighted by atomic mass is 16.7. The zero-order valence-electron chi connectivity index (χ0n) is 19.1. The zero-order valence-corrected chi connectivity index (χ0v) is 19.1. The molecule has 0 aliphatic carbocycles. The van der Waals surface area contributed by atoms with Crippen LogP contribution in [-0.4, -0.2) is 25.7 Å². The Morgan fingerprint density at radius 2 is 1.60 bits per heavy atom. The summed E-state index contributed by atoms with van der Waals surface area (Å²) in [5.74, 6) is -0.417. The number of carbonyl (C=O) groups excluding carboxylic acids is 2. The topological polar surface area (TPSA) is 52.6 Å². The molecule has 4 heteroatoms. The average molecular weight is 413 g/mol. The van der Waals surface area contributed by atoms with Gasteiger partial charge in [-0.15, -0.1) is 0 Å². The van der Waals surface area contributed by atoms with Crippen molar-refractivity contribution >= 4 is 12.3 Å². The number of methoxy groups -OCH3 is 1. The highest BCUT2D eigenvalue weighted by Gasteiger charge is 2.23. The van der Waals surface area contributed by atoms with E-state index in [1.165, 1.54) is 29.9 Å². The predicted molar refractivity (Wildman–Crippen MR) is 123 cm³/mol. The van der Waals surface area contributed by atoms with E-state index < -0.39 is 12.3 Å². The van der Waals surface area contributed by atoms with Crippen LogP contribution in [0.15, 0.2) is 70.4 Å². The molecule has 0 radical (unpaired) electrons. The number of carbonyl (C=O) groups is 2. The Balaban J connectivity index is 2.42. The molecule has 0 bridgehead atoms. The summed E-state index contributed by atoms with van der Waals surface area (Å²) in [5, 5.41) is 0. The minimum Gasteiger partial charge on any atom is -0.428 e. The first kappa shape index (κ1) is 25.6. The molecule has 0 fully saturated rings. The van der Waals surface area contributed by atoms with Gasteiger partial charge in [0.05, 0.1) is 0 Å². The summed E-state index contributed by atoms with van der Waals surface area (Å²) in [4.78, 5) is 22.6. The summed E-state index contributed by atoms with van der Waals surface area (Å²) in [6, 6.07) is 0. The van der Waals surface area contributed by atoms with Crippen LogP contribution in [0.25, 0.3) is 0 Å². The summed E-state index contributed by atoms with van der Waals surface area (Å²) in [7, 11) is 1.48. The summed E-state index contributed by atoms with van der Waals surface area (Å²) in [6.45, 7) is 8.61. The highest BCUT2D eigenvalue weighted by Crippen LogP contribution is 2.18. The molecule has 0 unspecified atom stereocenters. The van der Waals surface area contributed by atoms with Crippen LogP contribution in [0.2, 0.25) is 0 Å². The van der Waals surface area contributed by atoms with Crippen molar-refractivity contribution in [2.75, 3.05) is 7.11 Å². The van der Waals surface area contributed by atoms with E-state index in [0.717, 1.165) is 38.4 Å². The third-order valence-electron chi connectivity index (χ3n) is 4.79. The van der Waals surface area contributed by atoms with Crippen LogP contribution in [0, 0.1) is 0 Å². The van der Waals surface area contributed by atoms with Crippen molar-refractivity contribution in [3.63, 3.8) is 0 Å². The van der Waals surface area contributed by atoms with Crippen LogP contribution < -0.4 is 0 Å². The summed E-state index contributed by atoms with van der Waals surface area (Å²) in [5.41, 5.74) is 5.52. The molecular formula is C26H36O4. The standard InChI is InChI=1S/C26H36O4/c1-20(2)10-6-11-21(3)12-7-13-22(4)14-8-15-23(19-27)16-9-17-24-18-25(28)30-26(24)29-5/h9-10,12,14,16-19,26H,6-8,11,13,15H2,1-5H3/b17-9+,21-12+,22-14+,23-16+/t26-/m0/s1. The van der Waals surface area contributed by atoms with E-state index in [9.17, 15) is 9.59 Å². The lowest BCUT2D eigenvalue weighted by atomic mass is 10.0. The van der Waals surface area contributed by atoms with Gasteiger partial charge in [0.25, 0.3) is 0 Å². The van der Waals surface area contributed by atoms with E-state index in [1.54, 1.807) is 18.2 Å².